The van der Waals surface area contributed by atoms with Crippen LogP contribution in [0.15, 0.2) is 43.0 Å². The number of nitrogens with zero attached hydrogens (tertiary/aromatic N) is 5. The van der Waals surface area contributed by atoms with Crippen molar-refractivity contribution >= 4 is 16.6 Å². The molecule has 0 amide bonds. The zero-order chi connectivity index (χ0) is 15.8. The molecule has 0 aromatic carbocycles. The van der Waals surface area contributed by atoms with Crippen LogP contribution in [-0.2, 0) is 13.5 Å². The molecule has 0 N–H and O–H groups in total. The Kier molecular flexibility index (Phi) is 1.27. The molecule has 5 heteroatoms. The Morgan fingerprint density at radius 1 is 1.30 bits per heavy atom. The molecule has 0 unspecified atom stereocenters. The molecule has 20 heavy (non-hydrogen) atoms. The van der Waals surface area contributed by atoms with E-state index in [9.17, 15) is 0 Å². The molecule has 0 fully saturated rings. The van der Waals surface area contributed by atoms with Crippen molar-refractivity contribution in [3.8, 4) is 11.4 Å². The summed E-state index contributed by atoms with van der Waals surface area (Å²) in [5.41, 5.74) is 4.41. The summed E-state index contributed by atoms with van der Waals surface area (Å²) in [6.45, 7) is -1.65. The highest BCUT2D eigenvalue weighted by molar-refractivity contribution is 5.91. The Morgan fingerprint density at radius 3 is 3.25 bits per heavy atom. The number of aromatic nitrogens is 5. The van der Waals surface area contributed by atoms with Crippen molar-refractivity contribution in [2.24, 2.45) is 6.98 Å². The van der Waals surface area contributed by atoms with E-state index in [2.05, 4.69) is 10.1 Å². The molecule has 5 rings (SSSR count). The maximum Gasteiger partial charge on any atom is 0.290 e. The number of rotatable bonds is 0. The van der Waals surface area contributed by atoms with Crippen LogP contribution in [0.3, 0.4) is 0 Å². The van der Waals surface area contributed by atoms with Crippen LogP contribution in [0.4, 0.5) is 0 Å². The molecule has 1 aliphatic heterocycles. The second kappa shape index (κ2) is 3.25. The fourth-order valence-corrected chi connectivity index (χ4v) is 3.12. The predicted octanol–water partition coefficient (Wildman–Crippen LogP) is 1.54. The van der Waals surface area contributed by atoms with Crippen molar-refractivity contribution in [2.75, 3.05) is 0 Å². The molecule has 0 saturated carbocycles. The maximum atomic E-state index is 7.99. The number of imidazole rings is 1. The Hall–Kier alpha value is -2.69. The Balaban J connectivity index is 2.01. The van der Waals surface area contributed by atoms with Crippen LogP contribution in [0.5, 0.6) is 0 Å². The van der Waals surface area contributed by atoms with Crippen LogP contribution in [-0.4, -0.2) is 19.2 Å². The first-order chi connectivity index (χ1) is 11.1. The lowest BCUT2D eigenvalue weighted by molar-refractivity contribution is -0.645. The highest BCUT2D eigenvalue weighted by atomic mass is 15.3. The van der Waals surface area contributed by atoms with Crippen molar-refractivity contribution in [3.05, 3.63) is 48.5 Å². The molecular weight excluding hydrogens is 250 g/mol. The molecule has 0 aliphatic carbocycles. The molecule has 0 atom stereocenters. The largest absolute Gasteiger partial charge is 0.290 e. The van der Waals surface area contributed by atoms with Gasteiger partial charge in [-0.3, -0.25) is 4.98 Å². The lowest BCUT2D eigenvalue weighted by Crippen LogP contribution is -2.31. The van der Waals surface area contributed by atoms with Crippen LogP contribution < -0.4 is 4.57 Å². The van der Waals surface area contributed by atoms with Gasteiger partial charge in [-0.15, -0.1) is 0 Å². The minimum Gasteiger partial charge on any atom is -0.264 e. The Labute approximate surface area is 118 Å². The highest BCUT2D eigenvalue weighted by Gasteiger charge is 2.34. The lowest BCUT2D eigenvalue weighted by Gasteiger charge is -1.94. The first kappa shape index (κ1) is 7.79. The van der Waals surface area contributed by atoms with Gasteiger partial charge in [0.15, 0.2) is 5.52 Å². The van der Waals surface area contributed by atoms with Gasteiger partial charge >= 0.3 is 0 Å². The summed E-state index contributed by atoms with van der Waals surface area (Å²) < 4.78 is 29.2. The summed E-state index contributed by atoms with van der Waals surface area (Å²) in [7, 11) is 0. The standard InChI is InChI=1S/C15H12N5/c1-18-13-9-20-12(3-2-5-17-20)14(13)19-8-10-7-16-6-4-11(10)15(18)19/h2-7,9H,8H2,1H3/q+1/i1D3. The summed E-state index contributed by atoms with van der Waals surface area (Å²) in [5, 5.41) is 4.28. The number of pyridine rings is 1. The molecule has 5 nitrogen and oxygen atoms in total. The van der Waals surface area contributed by atoms with Gasteiger partial charge in [-0.25, -0.2) is 13.6 Å². The monoisotopic (exact) mass is 265 g/mol. The van der Waals surface area contributed by atoms with E-state index in [1.165, 1.54) is 4.57 Å². The van der Waals surface area contributed by atoms with Gasteiger partial charge in [0.2, 0.25) is 5.52 Å². The lowest BCUT2D eigenvalue weighted by atomic mass is 10.2. The van der Waals surface area contributed by atoms with Crippen LogP contribution >= 0.6 is 0 Å². The van der Waals surface area contributed by atoms with E-state index in [-0.39, 0.29) is 0 Å². The molecular formula is C15H12N5+. The van der Waals surface area contributed by atoms with Crippen LogP contribution in [0.25, 0.3) is 27.9 Å². The SMILES string of the molecule is [2H]C([2H])([2H])n1c2[n+](c3c1cn1ncccc31)Cc1cnccc1-2. The van der Waals surface area contributed by atoms with E-state index in [4.69, 9.17) is 4.11 Å². The zero-order valence-electron chi connectivity index (χ0n) is 13.5. The molecule has 96 valence electrons. The molecule has 0 saturated heterocycles. The van der Waals surface area contributed by atoms with Crippen molar-refractivity contribution in [2.45, 2.75) is 6.54 Å². The summed E-state index contributed by atoms with van der Waals surface area (Å²) in [5.74, 6) is 0.707. The zero-order valence-corrected chi connectivity index (χ0v) is 10.5. The van der Waals surface area contributed by atoms with E-state index in [1.54, 1.807) is 29.3 Å². The van der Waals surface area contributed by atoms with Gasteiger partial charge < -0.3 is 0 Å². The van der Waals surface area contributed by atoms with Gasteiger partial charge in [0, 0.05) is 24.2 Å². The van der Waals surface area contributed by atoms with E-state index < -0.39 is 6.98 Å². The summed E-state index contributed by atoms with van der Waals surface area (Å²) >= 11 is 0. The third-order valence-corrected chi connectivity index (χ3v) is 3.96. The van der Waals surface area contributed by atoms with Gasteiger partial charge in [0.25, 0.3) is 5.82 Å². The quantitative estimate of drug-likeness (QED) is 0.398. The second-order valence-corrected chi connectivity index (χ2v) is 4.99. The molecule has 0 radical (unpaired) electrons. The van der Waals surface area contributed by atoms with Crippen molar-refractivity contribution in [1.29, 1.82) is 0 Å². The van der Waals surface area contributed by atoms with Crippen molar-refractivity contribution in [3.63, 3.8) is 0 Å². The molecule has 4 aromatic heterocycles. The van der Waals surface area contributed by atoms with Crippen molar-refractivity contribution in [1.82, 2.24) is 19.2 Å². The van der Waals surface area contributed by atoms with Gasteiger partial charge in [-0.2, -0.15) is 5.10 Å². The first-order valence-corrected chi connectivity index (χ1v) is 6.40. The Bertz CT molecular complexity index is 1090. The fraction of sp³-hybridized carbons (Fsp3) is 0.133. The number of aryl methyl sites for hydroxylation is 1. The average molecular weight is 265 g/mol. The molecule has 1 aliphatic rings. The smallest absolute Gasteiger partial charge is 0.264 e. The molecule has 5 heterocycles. The fourth-order valence-electron chi connectivity index (χ4n) is 3.12. The van der Waals surface area contributed by atoms with E-state index in [1.807, 2.05) is 22.8 Å². The van der Waals surface area contributed by atoms with Gasteiger partial charge in [-0.05, 0) is 18.2 Å². The van der Waals surface area contributed by atoms with Gasteiger partial charge in [0.05, 0.1) is 22.8 Å². The van der Waals surface area contributed by atoms with Crippen LogP contribution in [0.1, 0.15) is 9.68 Å². The van der Waals surface area contributed by atoms with Crippen LogP contribution in [0, 0.1) is 0 Å². The maximum absolute atomic E-state index is 7.99. The van der Waals surface area contributed by atoms with Gasteiger partial charge in [-0.1, -0.05) is 0 Å². The number of hydrogen-bond acceptors (Lipinski definition) is 2. The molecule has 4 aromatic rings. The minimum absolute atomic E-state index is 0.618. The van der Waals surface area contributed by atoms with E-state index in [0.717, 1.165) is 22.2 Å². The summed E-state index contributed by atoms with van der Waals surface area (Å²) in [4.78, 5) is 4.16. The first-order valence-electron chi connectivity index (χ1n) is 7.90. The topological polar surface area (TPSA) is 39.0 Å². The van der Waals surface area contributed by atoms with Gasteiger partial charge in [0.1, 0.15) is 12.1 Å². The third kappa shape index (κ3) is 1.02. The average Bonchev–Trinajstić information content (AvgIpc) is 3.12. The predicted molar refractivity (Wildman–Crippen MR) is 74.2 cm³/mol. The molecule has 0 spiro atoms. The second-order valence-electron chi connectivity index (χ2n) is 4.99. The third-order valence-electron chi connectivity index (χ3n) is 3.96. The Morgan fingerprint density at radius 2 is 2.30 bits per heavy atom. The number of fused-ring (bicyclic) bond motifs is 7. The summed E-state index contributed by atoms with van der Waals surface area (Å²) in [6.07, 6.45) is 6.97. The van der Waals surface area contributed by atoms with Crippen molar-refractivity contribution < 1.29 is 8.68 Å². The van der Waals surface area contributed by atoms with E-state index >= 15 is 0 Å². The molecule has 0 bridgehead atoms. The minimum atomic E-state index is -2.27. The summed E-state index contributed by atoms with van der Waals surface area (Å²) in [6, 6.07) is 5.69. The normalized spacial score (nSPS) is 15.9. The van der Waals surface area contributed by atoms with E-state index in [0.29, 0.717) is 17.9 Å². The van der Waals surface area contributed by atoms with Crippen LogP contribution in [0.2, 0.25) is 0 Å². The number of hydrogen-bond donors (Lipinski definition) is 0. The highest BCUT2D eigenvalue weighted by Crippen LogP contribution is 2.31.